The van der Waals surface area contributed by atoms with Crippen molar-refractivity contribution in [1.29, 1.82) is 0 Å². The lowest BCUT2D eigenvalue weighted by Crippen LogP contribution is -2.43. The van der Waals surface area contributed by atoms with Crippen molar-refractivity contribution < 1.29 is 4.74 Å². The molecule has 2 rings (SSSR count). The molecule has 0 fully saturated rings. The van der Waals surface area contributed by atoms with Gasteiger partial charge in [-0.2, -0.15) is 0 Å². The minimum Gasteiger partial charge on any atom is -0.487 e. The van der Waals surface area contributed by atoms with Crippen LogP contribution in [0.2, 0.25) is 0 Å². The standard InChI is InChI=1S/C18H30N2O/c1-5-18(6-2)14-16(19-12-9-13-20(3)4)15-10-7-8-11-17(15)21-18/h7-8,10-11,16,19H,5-6,9,12-14H2,1-4H3. The molecular formula is C18H30N2O. The molecule has 0 saturated heterocycles. The highest BCUT2D eigenvalue weighted by atomic mass is 16.5. The van der Waals surface area contributed by atoms with Crippen molar-refractivity contribution in [3.05, 3.63) is 29.8 Å². The topological polar surface area (TPSA) is 24.5 Å². The van der Waals surface area contributed by atoms with E-state index in [1.54, 1.807) is 0 Å². The summed E-state index contributed by atoms with van der Waals surface area (Å²) >= 11 is 0. The maximum atomic E-state index is 6.34. The monoisotopic (exact) mass is 290 g/mol. The van der Waals surface area contributed by atoms with E-state index in [-0.39, 0.29) is 5.60 Å². The Labute approximate surface area is 129 Å². The molecule has 0 amide bonds. The van der Waals surface area contributed by atoms with Crippen molar-refractivity contribution in [1.82, 2.24) is 10.2 Å². The summed E-state index contributed by atoms with van der Waals surface area (Å²) < 4.78 is 6.34. The van der Waals surface area contributed by atoms with Crippen LogP contribution in [0.25, 0.3) is 0 Å². The molecule has 0 bridgehead atoms. The summed E-state index contributed by atoms with van der Waals surface area (Å²) in [6.45, 7) is 6.66. The van der Waals surface area contributed by atoms with E-state index in [4.69, 9.17) is 4.74 Å². The fourth-order valence-corrected chi connectivity index (χ4v) is 3.15. The van der Waals surface area contributed by atoms with Crippen molar-refractivity contribution in [3.63, 3.8) is 0 Å². The van der Waals surface area contributed by atoms with Crippen LogP contribution < -0.4 is 10.1 Å². The van der Waals surface area contributed by atoms with Gasteiger partial charge in [-0.3, -0.25) is 0 Å². The molecule has 3 nitrogen and oxygen atoms in total. The zero-order valence-corrected chi connectivity index (χ0v) is 14.0. The molecule has 1 N–H and O–H groups in total. The summed E-state index contributed by atoms with van der Waals surface area (Å²) in [5, 5.41) is 3.75. The van der Waals surface area contributed by atoms with E-state index >= 15 is 0 Å². The van der Waals surface area contributed by atoms with Gasteiger partial charge in [0.1, 0.15) is 11.4 Å². The number of nitrogens with zero attached hydrogens (tertiary/aromatic N) is 1. The van der Waals surface area contributed by atoms with E-state index in [2.05, 4.69) is 62.4 Å². The first-order chi connectivity index (χ1) is 10.1. The Bertz CT molecular complexity index is 441. The van der Waals surface area contributed by atoms with E-state index in [0.717, 1.165) is 38.1 Å². The Morgan fingerprint density at radius 3 is 2.62 bits per heavy atom. The first-order valence-corrected chi connectivity index (χ1v) is 8.26. The quantitative estimate of drug-likeness (QED) is 0.776. The van der Waals surface area contributed by atoms with Crippen molar-refractivity contribution in [3.8, 4) is 5.75 Å². The number of hydrogen-bond donors (Lipinski definition) is 1. The van der Waals surface area contributed by atoms with Gasteiger partial charge in [-0.25, -0.2) is 0 Å². The van der Waals surface area contributed by atoms with Crippen molar-refractivity contribution >= 4 is 0 Å². The van der Waals surface area contributed by atoms with Crippen LogP contribution in [0.5, 0.6) is 5.75 Å². The molecule has 1 aliphatic heterocycles. The Kier molecular flexibility index (Phi) is 5.65. The Balaban J connectivity index is 2.08. The minimum atomic E-state index is -0.00638. The van der Waals surface area contributed by atoms with Gasteiger partial charge in [0.15, 0.2) is 0 Å². The number of fused-ring (bicyclic) bond motifs is 1. The SMILES string of the molecule is CCC1(CC)CC(NCCCN(C)C)c2ccccc2O1. The van der Waals surface area contributed by atoms with E-state index in [9.17, 15) is 0 Å². The molecule has 1 unspecified atom stereocenters. The number of nitrogens with one attached hydrogen (secondary N) is 1. The van der Waals surface area contributed by atoms with Crippen molar-refractivity contribution in [2.75, 3.05) is 27.2 Å². The average molecular weight is 290 g/mol. The maximum Gasteiger partial charge on any atom is 0.124 e. The first kappa shape index (κ1) is 16.3. The van der Waals surface area contributed by atoms with Gasteiger partial charge in [-0.05, 0) is 52.5 Å². The Morgan fingerprint density at radius 1 is 1.24 bits per heavy atom. The second kappa shape index (κ2) is 7.28. The molecule has 1 atom stereocenters. The van der Waals surface area contributed by atoms with Crippen LogP contribution in [0.15, 0.2) is 24.3 Å². The van der Waals surface area contributed by atoms with Crippen molar-refractivity contribution in [2.45, 2.75) is 51.2 Å². The molecule has 1 aromatic carbocycles. The van der Waals surface area contributed by atoms with E-state index in [0.29, 0.717) is 6.04 Å². The largest absolute Gasteiger partial charge is 0.487 e. The van der Waals surface area contributed by atoms with E-state index in [1.165, 1.54) is 12.0 Å². The highest BCUT2D eigenvalue weighted by molar-refractivity contribution is 5.38. The number of benzene rings is 1. The fourth-order valence-electron chi connectivity index (χ4n) is 3.15. The summed E-state index contributed by atoms with van der Waals surface area (Å²) in [7, 11) is 4.26. The smallest absolute Gasteiger partial charge is 0.124 e. The number of rotatable bonds is 7. The van der Waals surface area contributed by atoms with Crippen LogP contribution in [-0.2, 0) is 0 Å². The normalized spacial score (nSPS) is 20.1. The highest BCUT2D eigenvalue weighted by Crippen LogP contribution is 2.42. The van der Waals surface area contributed by atoms with Gasteiger partial charge in [-0.15, -0.1) is 0 Å². The number of para-hydroxylation sites is 1. The molecule has 0 saturated carbocycles. The summed E-state index contributed by atoms with van der Waals surface area (Å²) in [6.07, 6.45) is 4.37. The van der Waals surface area contributed by atoms with Crippen LogP contribution in [0.3, 0.4) is 0 Å². The predicted octanol–water partition coefficient (Wildman–Crippen LogP) is 3.61. The summed E-state index contributed by atoms with van der Waals surface area (Å²) in [4.78, 5) is 2.24. The van der Waals surface area contributed by atoms with Crippen LogP contribution >= 0.6 is 0 Å². The van der Waals surface area contributed by atoms with Gasteiger partial charge < -0.3 is 15.0 Å². The molecule has 3 heteroatoms. The molecule has 1 aromatic rings. The third-order valence-corrected chi connectivity index (χ3v) is 4.66. The highest BCUT2D eigenvalue weighted by Gasteiger charge is 2.37. The second-order valence-electron chi connectivity index (χ2n) is 6.40. The van der Waals surface area contributed by atoms with Crippen molar-refractivity contribution in [2.24, 2.45) is 0 Å². The lowest BCUT2D eigenvalue weighted by molar-refractivity contribution is 0.0227. The van der Waals surface area contributed by atoms with Gasteiger partial charge >= 0.3 is 0 Å². The Morgan fingerprint density at radius 2 is 1.95 bits per heavy atom. The van der Waals surface area contributed by atoms with Gasteiger partial charge in [0, 0.05) is 18.0 Å². The van der Waals surface area contributed by atoms with Gasteiger partial charge in [-0.1, -0.05) is 32.0 Å². The molecule has 1 heterocycles. The summed E-state index contributed by atoms with van der Waals surface area (Å²) in [5.41, 5.74) is 1.31. The van der Waals surface area contributed by atoms with E-state index in [1.807, 2.05) is 0 Å². The van der Waals surface area contributed by atoms with Crippen LogP contribution in [-0.4, -0.2) is 37.7 Å². The van der Waals surface area contributed by atoms with Crippen LogP contribution in [0, 0.1) is 0 Å². The molecule has 0 aromatic heterocycles. The maximum absolute atomic E-state index is 6.34. The zero-order valence-electron chi connectivity index (χ0n) is 14.0. The fraction of sp³-hybridized carbons (Fsp3) is 0.667. The van der Waals surface area contributed by atoms with Gasteiger partial charge in [0.2, 0.25) is 0 Å². The lowest BCUT2D eigenvalue weighted by atomic mass is 9.83. The molecule has 118 valence electrons. The average Bonchev–Trinajstić information content (AvgIpc) is 2.50. The first-order valence-electron chi connectivity index (χ1n) is 8.26. The number of ether oxygens (including phenoxy) is 1. The second-order valence-corrected chi connectivity index (χ2v) is 6.40. The van der Waals surface area contributed by atoms with Gasteiger partial charge in [0.05, 0.1) is 0 Å². The molecule has 0 radical (unpaired) electrons. The van der Waals surface area contributed by atoms with E-state index < -0.39 is 0 Å². The van der Waals surface area contributed by atoms with Crippen LogP contribution in [0.4, 0.5) is 0 Å². The Hall–Kier alpha value is -1.06. The lowest BCUT2D eigenvalue weighted by Gasteiger charge is -2.42. The predicted molar refractivity (Wildman–Crippen MR) is 88.9 cm³/mol. The third-order valence-electron chi connectivity index (χ3n) is 4.66. The third kappa shape index (κ3) is 3.98. The molecule has 21 heavy (non-hydrogen) atoms. The van der Waals surface area contributed by atoms with Crippen LogP contribution in [0.1, 0.15) is 51.1 Å². The molecule has 1 aliphatic rings. The zero-order chi connectivity index (χ0) is 15.3. The minimum absolute atomic E-state index is 0.00638. The summed E-state index contributed by atoms with van der Waals surface area (Å²) in [5.74, 6) is 1.07. The summed E-state index contributed by atoms with van der Waals surface area (Å²) in [6, 6.07) is 8.92. The molecule has 0 spiro atoms. The molecular weight excluding hydrogens is 260 g/mol. The molecule has 0 aliphatic carbocycles. The number of hydrogen-bond acceptors (Lipinski definition) is 3. The van der Waals surface area contributed by atoms with Gasteiger partial charge in [0.25, 0.3) is 0 Å².